The maximum absolute atomic E-state index is 14.3. The molecule has 0 saturated heterocycles. The fourth-order valence-electron chi connectivity index (χ4n) is 4.98. The molecule has 5 rings (SSSR count). The molecule has 2 aliphatic carbocycles. The van der Waals surface area contributed by atoms with Crippen molar-refractivity contribution in [3.8, 4) is 17.5 Å². The molecule has 40 heavy (non-hydrogen) atoms. The highest BCUT2D eigenvalue weighted by Crippen LogP contribution is 2.33. The lowest BCUT2D eigenvalue weighted by molar-refractivity contribution is -0.127. The zero-order valence-corrected chi connectivity index (χ0v) is 22.7. The number of carbonyl (C=O) groups is 2. The van der Waals surface area contributed by atoms with Crippen molar-refractivity contribution in [2.45, 2.75) is 63.8 Å². The number of carbonyl (C=O) groups excluding carboxylic acids is 2. The third-order valence-corrected chi connectivity index (χ3v) is 7.89. The molecule has 3 aromatic heterocycles. The van der Waals surface area contributed by atoms with Crippen LogP contribution < -0.4 is 16.0 Å². The molecule has 3 aromatic rings. The predicted molar refractivity (Wildman–Crippen MR) is 147 cm³/mol. The van der Waals surface area contributed by atoms with Gasteiger partial charge in [-0.25, -0.2) is 8.91 Å². The second-order valence-corrected chi connectivity index (χ2v) is 11.4. The Balaban J connectivity index is 1.32. The SMILES string of the molecule is CC(C)(O)C(F)CNC(=O)c1cnc(-c2ccc3cc(C#N)cnn23)cc1NC1CC(CNC(=O)C2CCC2)C1. The van der Waals surface area contributed by atoms with Crippen LogP contribution in [0.3, 0.4) is 0 Å². The van der Waals surface area contributed by atoms with E-state index in [1.165, 1.54) is 26.2 Å². The van der Waals surface area contributed by atoms with Crippen LogP contribution in [-0.2, 0) is 4.79 Å². The van der Waals surface area contributed by atoms with E-state index in [0.717, 1.165) is 37.6 Å². The van der Waals surface area contributed by atoms with Gasteiger partial charge < -0.3 is 21.1 Å². The van der Waals surface area contributed by atoms with Crippen LogP contribution in [0.2, 0.25) is 0 Å². The van der Waals surface area contributed by atoms with Crippen LogP contribution >= 0.6 is 0 Å². The smallest absolute Gasteiger partial charge is 0.255 e. The summed E-state index contributed by atoms with van der Waals surface area (Å²) in [4.78, 5) is 29.7. The number of pyridine rings is 1. The van der Waals surface area contributed by atoms with E-state index >= 15 is 0 Å². The number of nitrogens with zero attached hydrogens (tertiary/aromatic N) is 4. The second kappa shape index (κ2) is 11.2. The standard InChI is InChI=1S/C29H34FN7O3/c1-29(2,40)26(30)16-34-28(39)22-15-32-24(25-7-6-21-10-18(12-31)14-35-37(21)25)11-23(22)36-20-8-17(9-20)13-33-27(38)19-4-3-5-19/h6-7,10-11,14-15,17,19-20,26,40H,3-5,8-9,13,16H2,1-2H3,(H,32,36)(H,33,38)(H,34,39). The Hall–Kier alpha value is -4.04. The minimum atomic E-state index is -1.64. The van der Waals surface area contributed by atoms with Gasteiger partial charge in [-0.1, -0.05) is 6.42 Å². The lowest BCUT2D eigenvalue weighted by atomic mass is 9.79. The van der Waals surface area contributed by atoms with Gasteiger partial charge in [0.05, 0.1) is 52.1 Å². The van der Waals surface area contributed by atoms with Crippen LogP contribution in [0, 0.1) is 23.2 Å². The van der Waals surface area contributed by atoms with Crippen molar-refractivity contribution in [2.24, 2.45) is 11.8 Å². The highest BCUT2D eigenvalue weighted by atomic mass is 19.1. The van der Waals surface area contributed by atoms with Gasteiger partial charge in [0.25, 0.3) is 5.91 Å². The summed E-state index contributed by atoms with van der Waals surface area (Å²) in [6, 6.07) is 9.35. The topological polar surface area (TPSA) is 144 Å². The first kappa shape index (κ1) is 27.5. The molecule has 2 amide bonds. The summed E-state index contributed by atoms with van der Waals surface area (Å²) >= 11 is 0. The number of halogens is 1. The molecule has 0 aromatic carbocycles. The van der Waals surface area contributed by atoms with E-state index in [4.69, 9.17) is 0 Å². The Morgan fingerprint density at radius 1 is 1.23 bits per heavy atom. The molecule has 2 fully saturated rings. The summed E-state index contributed by atoms with van der Waals surface area (Å²) in [7, 11) is 0. The van der Waals surface area contributed by atoms with Gasteiger partial charge in [-0.3, -0.25) is 14.6 Å². The maximum atomic E-state index is 14.3. The summed E-state index contributed by atoms with van der Waals surface area (Å²) in [5.74, 6) is 0.158. The van der Waals surface area contributed by atoms with Gasteiger partial charge >= 0.3 is 0 Å². The zero-order chi connectivity index (χ0) is 28.4. The van der Waals surface area contributed by atoms with Gasteiger partial charge in [0, 0.05) is 24.7 Å². The van der Waals surface area contributed by atoms with Crippen molar-refractivity contribution in [2.75, 3.05) is 18.4 Å². The van der Waals surface area contributed by atoms with Crippen molar-refractivity contribution in [3.05, 3.63) is 47.8 Å². The fourth-order valence-corrected chi connectivity index (χ4v) is 4.98. The van der Waals surface area contributed by atoms with Crippen LogP contribution in [0.25, 0.3) is 16.9 Å². The third kappa shape index (κ3) is 5.92. The van der Waals surface area contributed by atoms with Crippen molar-refractivity contribution < 1.29 is 19.1 Å². The molecule has 10 nitrogen and oxygen atoms in total. The van der Waals surface area contributed by atoms with Gasteiger partial charge in [-0.2, -0.15) is 10.4 Å². The lowest BCUT2D eigenvalue weighted by Crippen LogP contribution is -2.44. The number of alkyl halides is 1. The van der Waals surface area contributed by atoms with Gasteiger partial charge in [0.15, 0.2) is 0 Å². The van der Waals surface area contributed by atoms with E-state index in [2.05, 4.69) is 32.1 Å². The Bertz CT molecular complexity index is 1450. The molecule has 2 aliphatic rings. The van der Waals surface area contributed by atoms with Crippen molar-refractivity contribution in [1.82, 2.24) is 25.2 Å². The van der Waals surface area contributed by atoms with Crippen LogP contribution in [0.5, 0.6) is 0 Å². The molecule has 0 aliphatic heterocycles. The van der Waals surface area contributed by atoms with Gasteiger partial charge in [-0.05, 0) is 69.7 Å². The van der Waals surface area contributed by atoms with E-state index in [9.17, 15) is 24.3 Å². The Kier molecular flexibility index (Phi) is 7.72. The van der Waals surface area contributed by atoms with Crippen LogP contribution in [0.15, 0.2) is 36.7 Å². The number of nitriles is 1. The van der Waals surface area contributed by atoms with Crippen LogP contribution in [0.4, 0.5) is 10.1 Å². The first-order valence-corrected chi connectivity index (χ1v) is 13.7. The lowest BCUT2D eigenvalue weighted by Gasteiger charge is -2.37. The quantitative estimate of drug-likeness (QED) is 0.305. The molecule has 1 unspecified atom stereocenters. The molecule has 0 spiro atoms. The number of hydrogen-bond donors (Lipinski definition) is 4. The van der Waals surface area contributed by atoms with Gasteiger partial charge in [0.1, 0.15) is 12.2 Å². The van der Waals surface area contributed by atoms with E-state index in [1.807, 2.05) is 12.1 Å². The van der Waals surface area contributed by atoms with Crippen molar-refractivity contribution in [3.63, 3.8) is 0 Å². The normalized spacial score (nSPS) is 19.7. The van der Waals surface area contributed by atoms with Crippen LogP contribution in [0.1, 0.15) is 61.9 Å². The van der Waals surface area contributed by atoms with E-state index in [0.29, 0.717) is 35.1 Å². The number of aromatic nitrogens is 3. The summed E-state index contributed by atoms with van der Waals surface area (Å²) < 4.78 is 16.0. The number of aliphatic hydroxyl groups is 1. The molecule has 210 valence electrons. The summed E-state index contributed by atoms with van der Waals surface area (Å²) in [6.07, 6.45) is 6.02. The van der Waals surface area contributed by atoms with E-state index < -0.39 is 17.7 Å². The van der Waals surface area contributed by atoms with Crippen molar-refractivity contribution in [1.29, 1.82) is 5.26 Å². The molecule has 11 heteroatoms. The average molecular weight is 548 g/mol. The van der Waals surface area contributed by atoms with Crippen LogP contribution in [-0.4, -0.2) is 62.4 Å². The molecule has 4 N–H and O–H groups in total. The molecular weight excluding hydrogens is 513 g/mol. The number of nitrogens with one attached hydrogen (secondary N) is 3. The summed E-state index contributed by atoms with van der Waals surface area (Å²) in [5.41, 5.74) is 1.66. The van der Waals surface area contributed by atoms with Gasteiger partial charge in [-0.15, -0.1) is 0 Å². The average Bonchev–Trinajstić information content (AvgIpc) is 3.29. The third-order valence-electron chi connectivity index (χ3n) is 7.89. The highest BCUT2D eigenvalue weighted by Gasteiger charge is 2.32. The monoisotopic (exact) mass is 547 g/mol. The fraction of sp³-hybridized carbons (Fsp3) is 0.483. The molecule has 3 heterocycles. The minimum absolute atomic E-state index is 0.0954. The molecule has 0 bridgehead atoms. The molecule has 2 saturated carbocycles. The number of amides is 2. The van der Waals surface area contributed by atoms with Crippen molar-refractivity contribution >= 4 is 23.0 Å². The first-order chi connectivity index (χ1) is 19.1. The van der Waals surface area contributed by atoms with E-state index in [1.54, 1.807) is 16.6 Å². The number of anilines is 1. The number of hydrogen-bond acceptors (Lipinski definition) is 7. The summed E-state index contributed by atoms with van der Waals surface area (Å²) in [6.45, 7) is 3.00. The predicted octanol–water partition coefficient (Wildman–Crippen LogP) is 3.21. The Labute approximate surface area is 232 Å². The molecule has 1 atom stereocenters. The summed E-state index contributed by atoms with van der Waals surface area (Å²) in [5, 5.41) is 32.5. The number of rotatable bonds is 10. The second-order valence-electron chi connectivity index (χ2n) is 11.4. The maximum Gasteiger partial charge on any atom is 0.255 e. The zero-order valence-electron chi connectivity index (χ0n) is 22.7. The number of fused-ring (bicyclic) bond motifs is 1. The molecular formula is C29H34FN7O3. The van der Waals surface area contributed by atoms with E-state index in [-0.39, 0.29) is 30.0 Å². The largest absolute Gasteiger partial charge is 0.387 e. The Morgan fingerprint density at radius 2 is 2.00 bits per heavy atom. The highest BCUT2D eigenvalue weighted by molar-refractivity contribution is 6.00. The first-order valence-electron chi connectivity index (χ1n) is 13.7. The van der Waals surface area contributed by atoms with Gasteiger partial charge in [0.2, 0.25) is 5.91 Å². The minimum Gasteiger partial charge on any atom is -0.387 e. The molecule has 0 radical (unpaired) electrons. The Morgan fingerprint density at radius 3 is 2.67 bits per heavy atom.